The maximum Gasteiger partial charge on any atom is 0.308 e. The third kappa shape index (κ3) is 2.94. The van der Waals surface area contributed by atoms with Crippen LogP contribution in [0, 0.1) is 11.8 Å². The van der Waals surface area contributed by atoms with Crippen molar-refractivity contribution in [3.63, 3.8) is 0 Å². The number of carboxylic acids is 1. The van der Waals surface area contributed by atoms with E-state index in [0.29, 0.717) is 13.0 Å². The zero-order chi connectivity index (χ0) is 14.4. The summed E-state index contributed by atoms with van der Waals surface area (Å²) in [5.74, 6) is -0.438. The first-order valence-electron chi connectivity index (χ1n) is 6.94. The van der Waals surface area contributed by atoms with Gasteiger partial charge >= 0.3 is 5.97 Å². The molecule has 7 heteroatoms. The number of nitrogens with zero attached hydrogens (tertiary/aromatic N) is 1. The second-order valence-corrected chi connectivity index (χ2v) is 5.46. The fourth-order valence-electron chi connectivity index (χ4n) is 3.04. The molecule has 4 rings (SSSR count). The maximum atomic E-state index is 11.2. The summed E-state index contributed by atoms with van der Waals surface area (Å²) >= 11 is 0. The number of aromatic nitrogens is 1. The molecule has 2 aliphatic rings. The van der Waals surface area contributed by atoms with Gasteiger partial charge in [-0.1, -0.05) is 0 Å². The number of carboxylic acid groups (broad SMARTS) is 1. The van der Waals surface area contributed by atoms with Crippen molar-refractivity contribution < 1.29 is 14.6 Å². The molecule has 0 bridgehead atoms. The first-order valence-corrected chi connectivity index (χ1v) is 6.94. The van der Waals surface area contributed by atoms with Gasteiger partial charge in [-0.3, -0.25) is 9.79 Å². The van der Waals surface area contributed by atoms with Crippen LogP contribution in [0.15, 0.2) is 41.7 Å². The molecule has 0 saturated carbocycles. The summed E-state index contributed by atoms with van der Waals surface area (Å²) in [4.78, 5) is 18.9. The Morgan fingerprint density at radius 2 is 2.17 bits per heavy atom. The lowest BCUT2D eigenvalue weighted by atomic mass is 9.84. The van der Waals surface area contributed by atoms with Crippen LogP contribution in [-0.4, -0.2) is 28.3 Å². The summed E-state index contributed by atoms with van der Waals surface area (Å²) in [6.07, 6.45) is 6.01. The lowest BCUT2D eigenvalue weighted by molar-refractivity contribution is -0.141. The van der Waals surface area contributed by atoms with E-state index in [1.807, 2.05) is 24.4 Å². The van der Waals surface area contributed by atoms with E-state index in [-0.39, 0.29) is 30.7 Å². The number of rotatable bonds is 1. The number of hydrogen-bond acceptors (Lipinski definition) is 3. The number of fused-ring (bicyclic) bond motifs is 4. The molecule has 23 heavy (non-hydrogen) atoms. The van der Waals surface area contributed by atoms with Crippen LogP contribution >= 0.6 is 24.8 Å². The molecule has 0 saturated heterocycles. The number of aliphatic carboxylic acids is 1. The van der Waals surface area contributed by atoms with E-state index in [4.69, 9.17) is 4.74 Å². The van der Waals surface area contributed by atoms with E-state index in [1.165, 1.54) is 0 Å². The van der Waals surface area contributed by atoms with E-state index in [0.717, 1.165) is 27.9 Å². The summed E-state index contributed by atoms with van der Waals surface area (Å²) in [7, 11) is 0. The SMILES string of the molecule is Cl.Cl.O=C(O)C1CN=C2c3cc4cc[nH]c4cc3OC=CC2C1. The van der Waals surface area contributed by atoms with Gasteiger partial charge in [-0.15, -0.1) is 24.8 Å². The van der Waals surface area contributed by atoms with Crippen LogP contribution in [0.2, 0.25) is 0 Å². The molecule has 3 heterocycles. The van der Waals surface area contributed by atoms with Crippen molar-refractivity contribution in [2.24, 2.45) is 16.8 Å². The molecule has 1 aromatic carbocycles. The highest BCUT2D eigenvalue weighted by molar-refractivity contribution is 6.08. The van der Waals surface area contributed by atoms with Crippen molar-refractivity contribution in [1.82, 2.24) is 4.98 Å². The Balaban J connectivity index is 0.000000960. The van der Waals surface area contributed by atoms with Crippen LogP contribution in [-0.2, 0) is 4.79 Å². The Bertz CT molecular complexity index is 798. The van der Waals surface area contributed by atoms with Crippen molar-refractivity contribution in [2.75, 3.05) is 6.54 Å². The second kappa shape index (κ2) is 6.64. The highest BCUT2D eigenvalue weighted by Gasteiger charge is 2.31. The van der Waals surface area contributed by atoms with E-state index in [1.54, 1.807) is 6.26 Å². The van der Waals surface area contributed by atoms with Gasteiger partial charge in [0.05, 0.1) is 24.4 Å². The van der Waals surface area contributed by atoms with E-state index < -0.39 is 11.9 Å². The largest absolute Gasteiger partial charge is 0.481 e. The first kappa shape index (κ1) is 17.4. The number of nitrogens with one attached hydrogen (secondary N) is 1. The second-order valence-electron chi connectivity index (χ2n) is 5.46. The normalized spacial score (nSPS) is 21.7. The minimum atomic E-state index is -0.780. The molecule has 0 spiro atoms. The Labute approximate surface area is 145 Å². The monoisotopic (exact) mass is 354 g/mol. The average molecular weight is 355 g/mol. The highest BCUT2D eigenvalue weighted by Crippen LogP contribution is 2.34. The molecular weight excluding hydrogens is 339 g/mol. The Hall–Kier alpha value is -1.98. The lowest BCUT2D eigenvalue weighted by Crippen LogP contribution is -2.29. The summed E-state index contributed by atoms with van der Waals surface area (Å²) in [5.41, 5.74) is 2.90. The van der Waals surface area contributed by atoms with Crippen molar-refractivity contribution in [1.29, 1.82) is 0 Å². The molecule has 5 nitrogen and oxygen atoms in total. The van der Waals surface area contributed by atoms with Crippen LogP contribution in [0.5, 0.6) is 5.75 Å². The van der Waals surface area contributed by atoms with Gasteiger partial charge in [-0.25, -0.2) is 0 Å². The third-order valence-electron chi connectivity index (χ3n) is 4.16. The topological polar surface area (TPSA) is 74.7 Å². The molecule has 0 amide bonds. The van der Waals surface area contributed by atoms with Crippen molar-refractivity contribution in [3.05, 3.63) is 42.3 Å². The van der Waals surface area contributed by atoms with Crippen LogP contribution in [0.1, 0.15) is 12.0 Å². The van der Waals surface area contributed by atoms with Crippen molar-refractivity contribution in [3.8, 4) is 5.75 Å². The van der Waals surface area contributed by atoms with Gasteiger partial charge < -0.3 is 14.8 Å². The fourth-order valence-corrected chi connectivity index (χ4v) is 3.04. The molecule has 2 atom stereocenters. The number of carbonyl (C=O) groups is 1. The third-order valence-corrected chi connectivity index (χ3v) is 4.16. The van der Waals surface area contributed by atoms with Crippen molar-refractivity contribution in [2.45, 2.75) is 6.42 Å². The smallest absolute Gasteiger partial charge is 0.308 e. The van der Waals surface area contributed by atoms with Crippen LogP contribution in [0.4, 0.5) is 0 Å². The van der Waals surface area contributed by atoms with Gasteiger partial charge in [-0.05, 0) is 24.6 Å². The molecule has 0 fully saturated rings. The molecule has 2 aromatic rings. The molecule has 1 aromatic heterocycles. The minimum Gasteiger partial charge on any atom is -0.481 e. The Morgan fingerprint density at radius 3 is 2.96 bits per heavy atom. The highest BCUT2D eigenvalue weighted by atomic mass is 35.5. The minimum absolute atomic E-state index is 0. The van der Waals surface area contributed by atoms with Gasteiger partial charge in [0.15, 0.2) is 0 Å². The van der Waals surface area contributed by atoms with E-state index >= 15 is 0 Å². The predicted molar refractivity (Wildman–Crippen MR) is 93.2 cm³/mol. The quantitative estimate of drug-likeness (QED) is 0.823. The summed E-state index contributed by atoms with van der Waals surface area (Å²) in [6, 6.07) is 6.02. The summed E-state index contributed by atoms with van der Waals surface area (Å²) in [6.45, 7) is 0.333. The maximum absolute atomic E-state index is 11.2. The molecular formula is C16H16Cl2N2O3. The number of halogens is 2. The van der Waals surface area contributed by atoms with Gasteiger partial charge in [0.1, 0.15) is 5.75 Å². The van der Waals surface area contributed by atoms with Crippen LogP contribution < -0.4 is 4.74 Å². The van der Waals surface area contributed by atoms with Crippen molar-refractivity contribution >= 4 is 47.4 Å². The lowest BCUT2D eigenvalue weighted by Gasteiger charge is -2.24. The first-order chi connectivity index (χ1) is 10.2. The zero-order valence-electron chi connectivity index (χ0n) is 12.1. The summed E-state index contributed by atoms with van der Waals surface area (Å²) < 4.78 is 5.68. The number of benzene rings is 1. The van der Waals surface area contributed by atoms with E-state index in [2.05, 4.69) is 16.0 Å². The number of hydrogen-bond donors (Lipinski definition) is 2. The fraction of sp³-hybridized carbons (Fsp3) is 0.250. The molecule has 2 N–H and O–H groups in total. The molecule has 122 valence electrons. The number of allylic oxidation sites excluding steroid dienone is 1. The Kier molecular flexibility index (Phi) is 5.02. The van der Waals surface area contributed by atoms with Gasteiger partial charge in [-0.2, -0.15) is 0 Å². The van der Waals surface area contributed by atoms with Gasteiger partial charge in [0.25, 0.3) is 0 Å². The number of ether oxygens (including phenoxy) is 1. The summed E-state index contributed by atoms with van der Waals surface area (Å²) in [5, 5.41) is 10.3. The standard InChI is InChI=1S/C16H14N2O3.2ClH/c19-16(20)11-5-10-2-4-21-14-7-13-9(1-3-17-13)6-12(14)15(10)18-8-11;;/h1-4,6-7,10-11,17H,5,8H2,(H,19,20);2*1H. The van der Waals surface area contributed by atoms with Gasteiger partial charge in [0.2, 0.25) is 0 Å². The van der Waals surface area contributed by atoms with Crippen LogP contribution in [0.25, 0.3) is 10.9 Å². The van der Waals surface area contributed by atoms with E-state index in [9.17, 15) is 9.90 Å². The Morgan fingerprint density at radius 1 is 1.35 bits per heavy atom. The molecule has 0 radical (unpaired) electrons. The van der Waals surface area contributed by atoms with Gasteiger partial charge in [0, 0.05) is 34.6 Å². The average Bonchev–Trinajstić information content (AvgIpc) is 2.85. The molecule has 0 aliphatic carbocycles. The predicted octanol–water partition coefficient (Wildman–Crippen LogP) is 3.43. The molecule has 2 unspecified atom stereocenters. The van der Waals surface area contributed by atoms with Crippen LogP contribution in [0.3, 0.4) is 0 Å². The number of H-pyrrole nitrogens is 1. The molecule has 2 aliphatic heterocycles. The zero-order valence-corrected chi connectivity index (χ0v) is 13.7. The number of aliphatic imine (C=N–C) groups is 1. The number of aromatic amines is 1.